The molecular formula is C27H36O6Si. The monoisotopic (exact) mass is 484 g/mol. The topological polar surface area (TPSA) is 82.1 Å². The highest BCUT2D eigenvalue weighted by Gasteiger charge is 2.57. The zero-order valence-electron chi connectivity index (χ0n) is 20.9. The number of benzene rings is 2. The van der Waals surface area contributed by atoms with Crippen LogP contribution in [-0.2, 0) is 23.5 Å². The zero-order valence-corrected chi connectivity index (χ0v) is 21.9. The smallest absolute Gasteiger partial charge is 0.303 e. The highest BCUT2D eigenvalue weighted by Crippen LogP contribution is 2.41. The minimum absolute atomic E-state index is 0.269. The van der Waals surface area contributed by atoms with E-state index >= 15 is 0 Å². The molecule has 0 radical (unpaired) electrons. The lowest BCUT2D eigenvalue weighted by Gasteiger charge is -2.51. The molecule has 0 spiro atoms. The number of ether oxygens (including phenoxy) is 2. The first-order chi connectivity index (χ1) is 15.9. The maximum Gasteiger partial charge on any atom is 0.303 e. The van der Waals surface area contributed by atoms with Gasteiger partial charge in [0.25, 0.3) is 8.32 Å². The van der Waals surface area contributed by atoms with Gasteiger partial charge in [-0.1, -0.05) is 87.5 Å². The zero-order chi connectivity index (χ0) is 25.6. The molecule has 0 unspecified atom stereocenters. The van der Waals surface area contributed by atoms with Crippen LogP contribution in [0.5, 0.6) is 0 Å². The maximum atomic E-state index is 12.0. The van der Waals surface area contributed by atoms with Gasteiger partial charge < -0.3 is 19.0 Å². The molecule has 0 amide bonds. The Balaban J connectivity index is 2.83. The summed E-state index contributed by atoms with van der Waals surface area (Å²) in [7, 11) is -3.17. The van der Waals surface area contributed by atoms with Crippen LogP contribution in [0.1, 0.15) is 41.5 Å². The van der Waals surface area contributed by atoms with E-state index in [0.29, 0.717) is 0 Å². The molecule has 0 aliphatic carbocycles. The first-order valence-corrected chi connectivity index (χ1v) is 13.2. The van der Waals surface area contributed by atoms with Gasteiger partial charge in [-0.05, 0) is 22.3 Å². The lowest BCUT2D eigenvalue weighted by Crippen LogP contribution is -2.72. The van der Waals surface area contributed by atoms with Gasteiger partial charge in [0.1, 0.15) is 18.3 Å². The summed E-state index contributed by atoms with van der Waals surface area (Å²) < 4.78 is 18.0. The summed E-state index contributed by atoms with van der Waals surface area (Å²) in [6.07, 6.45) is -0.958. The minimum Gasteiger partial charge on any atom is -0.462 e. The Morgan fingerprint density at radius 2 is 1.41 bits per heavy atom. The Morgan fingerprint density at radius 3 is 1.76 bits per heavy atom. The molecule has 0 aromatic heterocycles. The van der Waals surface area contributed by atoms with Crippen molar-refractivity contribution in [3.8, 4) is 0 Å². The Kier molecular flexibility index (Phi) is 9.00. The van der Waals surface area contributed by atoms with Gasteiger partial charge in [0.2, 0.25) is 0 Å². The molecule has 0 aliphatic heterocycles. The molecule has 2 aromatic rings. The molecule has 0 fully saturated rings. The van der Waals surface area contributed by atoms with E-state index in [2.05, 4.69) is 27.4 Å². The summed E-state index contributed by atoms with van der Waals surface area (Å²) in [5.74, 6) is -1.11. The molecule has 6 nitrogen and oxygen atoms in total. The molecule has 0 saturated heterocycles. The second-order valence-electron chi connectivity index (χ2n) is 9.53. The van der Waals surface area contributed by atoms with E-state index in [0.717, 1.165) is 10.4 Å². The SMILES string of the molecule is C=C[C@H](O)[C@@](C)(O[Si](c1ccccc1)(c1ccccc1)C(C)(C)C)[C@@H](COC(C)=O)OC(C)=O. The van der Waals surface area contributed by atoms with Crippen LogP contribution in [0.4, 0.5) is 0 Å². The van der Waals surface area contributed by atoms with Crippen molar-refractivity contribution in [1.29, 1.82) is 0 Å². The third kappa shape index (κ3) is 5.84. The summed E-state index contributed by atoms with van der Waals surface area (Å²) in [4.78, 5) is 23.7. The Bertz CT molecular complexity index is 930. The van der Waals surface area contributed by atoms with E-state index in [9.17, 15) is 14.7 Å². The summed E-state index contributed by atoms with van der Waals surface area (Å²) >= 11 is 0. The van der Waals surface area contributed by atoms with Gasteiger partial charge in [-0.2, -0.15) is 0 Å². The molecule has 0 heterocycles. The van der Waals surface area contributed by atoms with Gasteiger partial charge in [0, 0.05) is 13.8 Å². The number of hydrogen-bond donors (Lipinski definition) is 1. The normalized spacial score (nSPS) is 15.5. The first-order valence-electron chi connectivity index (χ1n) is 11.3. The number of carbonyl (C=O) groups excluding carboxylic acids is 2. The standard InChI is InChI=1S/C27H36O6Si/c1-8-24(30)27(7,25(32-21(3)29)19-31-20(2)28)33-34(26(4,5)6,22-15-11-9-12-16-22)23-17-13-10-14-18-23/h8-18,24-25,30H,1,19H2,2-7H3/t24-,25+,27+/m0/s1. The second-order valence-corrected chi connectivity index (χ2v) is 13.8. The Labute approximate surface area is 203 Å². The molecule has 7 heteroatoms. The van der Waals surface area contributed by atoms with Crippen molar-refractivity contribution in [1.82, 2.24) is 0 Å². The first kappa shape index (κ1) is 27.5. The van der Waals surface area contributed by atoms with Crippen molar-refractivity contribution in [2.45, 2.75) is 64.4 Å². The average Bonchev–Trinajstić information content (AvgIpc) is 2.79. The van der Waals surface area contributed by atoms with E-state index in [4.69, 9.17) is 13.9 Å². The molecule has 0 aliphatic rings. The molecule has 0 bridgehead atoms. The fraction of sp³-hybridized carbons (Fsp3) is 0.407. The van der Waals surface area contributed by atoms with Crippen molar-refractivity contribution in [2.24, 2.45) is 0 Å². The van der Waals surface area contributed by atoms with E-state index in [1.165, 1.54) is 19.9 Å². The number of hydrogen-bond acceptors (Lipinski definition) is 6. The van der Waals surface area contributed by atoms with Gasteiger partial charge >= 0.3 is 11.9 Å². The maximum absolute atomic E-state index is 12.0. The van der Waals surface area contributed by atoms with Gasteiger partial charge in [-0.15, -0.1) is 6.58 Å². The van der Waals surface area contributed by atoms with Crippen molar-refractivity contribution in [3.05, 3.63) is 73.3 Å². The average molecular weight is 485 g/mol. The fourth-order valence-corrected chi connectivity index (χ4v) is 9.08. The molecule has 34 heavy (non-hydrogen) atoms. The van der Waals surface area contributed by atoms with Gasteiger partial charge in [0.15, 0.2) is 6.10 Å². The second kappa shape index (κ2) is 11.1. The third-order valence-corrected chi connectivity index (χ3v) is 11.1. The minimum atomic E-state index is -3.17. The molecule has 2 rings (SSSR count). The molecular weight excluding hydrogens is 448 g/mol. The van der Waals surface area contributed by atoms with E-state index in [1.54, 1.807) is 6.92 Å². The lowest BCUT2D eigenvalue weighted by atomic mass is 9.92. The van der Waals surface area contributed by atoms with Crippen LogP contribution in [0.2, 0.25) is 5.04 Å². The summed E-state index contributed by atoms with van der Waals surface area (Å²) in [5, 5.41) is 12.8. The number of carbonyl (C=O) groups is 2. The number of aliphatic hydroxyl groups is 1. The summed E-state index contributed by atoms with van der Waals surface area (Å²) in [6.45, 7) is 14.0. The Hall–Kier alpha value is -2.74. The van der Waals surface area contributed by atoms with Crippen LogP contribution in [0.25, 0.3) is 0 Å². The van der Waals surface area contributed by atoms with Gasteiger partial charge in [-0.3, -0.25) is 9.59 Å². The number of rotatable bonds is 10. The third-order valence-electron chi connectivity index (χ3n) is 5.99. The van der Waals surface area contributed by atoms with Crippen LogP contribution in [0, 0.1) is 0 Å². The highest BCUT2D eigenvalue weighted by atomic mass is 28.4. The quantitative estimate of drug-likeness (QED) is 0.316. The van der Waals surface area contributed by atoms with Gasteiger partial charge in [0.05, 0.1) is 0 Å². The number of esters is 2. The van der Waals surface area contributed by atoms with Crippen LogP contribution in [0.15, 0.2) is 73.3 Å². The molecule has 3 atom stereocenters. The summed E-state index contributed by atoms with van der Waals surface area (Å²) in [5.41, 5.74) is -1.48. The van der Waals surface area contributed by atoms with Crippen LogP contribution < -0.4 is 10.4 Å². The van der Waals surface area contributed by atoms with E-state index in [-0.39, 0.29) is 6.61 Å². The largest absolute Gasteiger partial charge is 0.462 e. The molecule has 184 valence electrons. The van der Waals surface area contributed by atoms with Crippen LogP contribution in [0.3, 0.4) is 0 Å². The van der Waals surface area contributed by atoms with Crippen LogP contribution >= 0.6 is 0 Å². The fourth-order valence-electron chi connectivity index (χ4n) is 4.24. The van der Waals surface area contributed by atoms with Crippen molar-refractivity contribution >= 4 is 30.6 Å². The Morgan fingerprint density at radius 1 is 0.941 bits per heavy atom. The number of aliphatic hydroxyl groups excluding tert-OH is 1. The predicted octanol–water partition coefficient (Wildman–Crippen LogP) is 3.36. The van der Waals surface area contributed by atoms with Crippen molar-refractivity contribution < 1.29 is 28.6 Å². The van der Waals surface area contributed by atoms with E-state index in [1.807, 2.05) is 60.7 Å². The highest BCUT2D eigenvalue weighted by molar-refractivity contribution is 6.99. The van der Waals surface area contributed by atoms with Crippen molar-refractivity contribution in [3.63, 3.8) is 0 Å². The lowest BCUT2D eigenvalue weighted by molar-refractivity contribution is -0.180. The van der Waals surface area contributed by atoms with Gasteiger partial charge in [-0.25, -0.2) is 0 Å². The summed E-state index contributed by atoms with van der Waals surface area (Å²) in [6, 6.07) is 19.8. The molecule has 2 aromatic carbocycles. The molecule has 0 saturated carbocycles. The van der Waals surface area contributed by atoms with Crippen molar-refractivity contribution in [2.75, 3.05) is 6.61 Å². The van der Waals surface area contributed by atoms with Crippen LogP contribution in [-0.4, -0.2) is 49.8 Å². The molecule has 1 N–H and O–H groups in total. The predicted molar refractivity (Wildman–Crippen MR) is 136 cm³/mol. The van der Waals surface area contributed by atoms with E-state index < -0.39 is 43.1 Å².